The number of anilines is 3. The van der Waals surface area contributed by atoms with Crippen LogP contribution in [0.1, 0.15) is 58.6 Å². The van der Waals surface area contributed by atoms with Crippen LogP contribution in [0.5, 0.6) is 0 Å². The van der Waals surface area contributed by atoms with Gasteiger partial charge in [-0.15, -0.1) is 0 Å². The second-order valence-corrected chi connectivity index (χ2v) is 12.0. The predicted molar refractivity (Wildman–Crippen MR) is 171 cm³/mol. The number of nitrogens with two attached hydrogens (primary N) is 2. The summed E-state index contributed by atoms with van der Waals surface area (Å²) in [4.78, 5) is 22.7. The Bertz CT molecular complexity index is 1570. The molecule has 2 saturated heterocycles. The molecule has 3 aromatic rings. The third-order valence-corrected chi connectivity index (χ3v) is 9.02. The van der Waals surface area contributed by atoms with Crippen molar-refractivity contribution in [3.05, 3.63) is 88.5 Å². The third kappa shape index (κ3) is 7.10. The van der Waals surface area contributed by atoms with Gasteiger partial charge in [-0.05, 0) is 79.8 Å². The van der Waals surface area contributed by atoms with Crippen molar-refractivity contribution in [1.29, 1.82) is 0 Å². The van der Waals surface area contributed by atoms with Gasteiger partial charge in [0.25, 0.3) is 5.91 Å². The number of nitrogens with one attached hydrogen (secondary N) is 1. The Kier molecular flexibility index (Phi) is 9.27. The van der Waals surface area contributed by atoms with Gasteiger partial charge in [-0.2, -0.15) is 4.99 Å². The summed E-state index contributed by atoms with van der Waals surface area (Å²) in [7, 11) is 0. The number of amidine groups is 1. The van der Waals surface area contributed by atoms with Crippen molar-refractivity contribution in [2.24, 2.45) is 10.7 Å². The Morgan fingerprint density at radius 1 is 0.956 bits per heavy atom. The topological polar surface area (TPSA) is 109 Å². The van der Waals surface area contributed by atoms with Gasteiger partial charge in [0.05, 0.1) is 5.56 Å². The summed E-state index contributed by atoms with van der Waals surface area (Å²) in [6.07, 6.45) is 4.21. The van der Waals surface area contributed by atoms with E-state index < -0.39 is 30.1 Å². The van der Waals surface area contributed by atoms with E-state index in [0.717, 1.165) is 68.9 Å². The van der Waals surface area contributed by atoms with E-state index in [1.807, 2.05) is 12.1 Å². The first kappa shape index (κ1) is 30.9. The minimum atomic E-state index is -1.10. The minimum Gasteiger partial charge on any atom is -0.398 e. The second-order valence-electron chi connectivity index (χ2n) is 12.0. The average Bonchev–Trinajstić information content (AvgIpc) is 3.90. The largest absolute Gasteiger partial charge is 0.398 e. The number of piperazine rings is 1. The Morgan fingerprint density at radius 2 is 1.71 bits per heavy atom. The van der Waals surface area contributed by atoms with Crippen LogP contribution in [0.2, 0.25) is 0 Å². The Hall–Kier alpha value is -4.09. The quantitative estimate of drug-likeness (QED) is 0.174. The van der Waals surface area contributed by atoms with Crippen molar-refractivity contribution in [3.63, 3.8) is 0 Å². The molecule has 11 heteroatoms. The summed E-state index contributed by atoms with van der Waals surface area (Å²) in [5.74, 6) is -3.22. The fourth-order valence-corrected chi connectivity index (χ4v) is 6.26. The van der Waals surface area contributed by atoms with Crippen LogP contribution in [-0.4, -0.2) is 74.8 Å². The molecule has 2 heterocycles. The first-order valence-corrected chi connectivity index (χ1v) is 15.6. The fourth-order valence-electron chi connectivity index (χ4n) is 6.26. The van der Waals surface area contributed by atoms with E-state index in [4.69, 9.17) is 16.2 Å². The van der Waals surface area contributed by atoms with Crippen molar-refractivity contribution in [1.82, 2.24) is 4.90 Å². The maximum absolute atomic E-state index is 14.5. The molecule has 3 aliphatic rings. The van der Waals surface area contributed by atoms with Crippen LogP contribution in [0.4, 0.5) is 30.2 Å². The molecule has 1 aliphatic carbocycles. The summed E-state index contributed by atoms with van der Waals surface area (Å²) in [6, 6.07) is 14.0. The normalized spacial score (nSPS) is 19.0. The van der Waals surface area contributed by atoms with Gasteiger partial charge in [-0.1, -0.05) is 6.07 Å². The van der Waals surface area contributed by atoms with Crippen molar-refractivity contribution in [3.8, 4) is 0 Å². The lowest BCUT2D eigenvalue weighted by Crippen LogP contribution is -2.47. The predicted octanol–water partition coefficient (Wildman–Crippen LogP) is 5.07. The van der Waals surface area contributed by atoms with Crippen molar-refractivity contribution >= 4 is 28.8 Å². The van der Waals surface area contributed by atoms with E-state index >= 15 is 0 Å². The fraction of sp³-hybridized carbons (Fsp3) is 0.412. The minimum absolute atomic E-state index is 0.127. The molecule has 2 aliphatic heterocycles. The van der Waals surface area contributed by atoms with Crippen LogP contribution in [0.25, 0.3) is 0 Å². The van der Waals surface area contributed by atoms with E-state index in [0.29, 0.717) is 30.0 Å². The third-order valence-electron chi connectivity index (χ3n) is 9.02. The number of ether oxygens (including phenoxy) is 1. The molecule has 1 atom stereocenters. The Labute approximate surface area is 261 Å². The molecular formula is C34H39F3N6O2. The molecule has 6 rings (SSSR count). The standard InChI is InChI=1S/C34H39F3N6O2/c35-20-29(27-18-22(36)2-7-30(27)37)21-1-8-31(38)28(17-21)33(39)41-34(44)26-6-5-25(19-32(26)40-23-9-15-45-16-10-23)43-13-11-42(12-14-43)24-3-4-24/h1-2,5-8,17-19,23-24,29,40H,3-4,9-16,20,38H2,(H2,39,41,44). The van der Waals surface area contributed by atoms with E-state index in [1.54, 1.807) is 6.07 Å². The molecule has 3 aromatic carbocycles. The summed E-state index contributed by atoms with van der Waals surface area (Å²) >= 11 is 0. The van der Waals surface area contributed by atoms with Crippen LogP contribution in [0.15, 0.2) is 59.6 Å². The smallest absolute Gasteiger partial charge is 0.281 e. The molecule has 1 unspecified atom stereocenters. The van der Waals surface area contributed by atoms with Crippen LogP contribution in [-0.2, 0) is 4.74 Å². The summed E-state index contributed by atoms with van der Waals surface area (Å²) in [5, 5.41) is 3.55. The number of rotatable bonds is 9. The zero-order chi connectivity index (χ0) is 31.5. The van der Waals surface area contributed by atoms with E-state index in [9.17, 15) is 18.0 Å². The van der Waals surface area contributed by atoms with Gasteiger partial charge in [-0.25, -0.2) is 8.78 Å². The number of hydrogen-bond acceptors (Lipinski definition) is 6. The number of benzene rings is 3. The number of aliphatic imine (C=N–C) groups is 1. The molecule has 0 aromatic heterocycles. The molecule has 45 heavy (non-hydrogen) atoms. The summed E-state index contributed by atoms with van der Waals surface area (Å²) in [6.45, 7) is 4.17. The Morgan fingerprint density at radius 3 is 2.42 bits per heavy atom. The molecule has 0 radical (unpaired) electrons. The van der Waals surface area contributed by atoms with E-state index in [-0.39, 0.29) is 28.7 Å². The zero-order valence-electron chi connectivity index (χ0n) is 25.2. The molecule has 5 N–H and O–H groups in total. The van der Waals surface area contributed by atoms with Gasteiger partial charge in [0.2, 0.25) is 0 Å². The Balaban J connectivity index is 1.27. The number of halogens is 3. The molecule has 3 fully saturated rings. The average molecular weight is 621 g/mol. The van der Waals surface area contributed by atoms with Crippen LogP contribution >= 0.6 is 0 Å². The lowest BCUT2D eigenvalue weighted by molar-refractivity contribution is 0.0904. The van der Waals surface area contributed by atoms with E-state index in [2.05, 4.69) is 20.1 Å². The number of nitrogens with zero attached hydrogens (tertiary/aromatic N) is 3. The zero-order valence-corrected chi connectivity index (χ0v) is 25.2. The lowest BCUT2D eigenvalue weighted by Gasteiger charge is -2.36. The maximum Gasteiger partial charge on any atom is 0.281 e. The van der Waals surface area contributed by atoms with Crippen LogP contribution in [0.3, 0.4) is 0 Å². The highest BCUT2D eigenvalue weighted by Gasteiger charge is 2.31. The first-order valence-electron chi connectivity index (χ1n) is 15.6. The van der Waals surface area contributed by atoms with Gasteiger partial charge < -0.3 is 26.4 Å². The lowest BCUT2D eigenvalue weighted by atomic mass is 9.90. The molecule has 1 saturated carbocycles. The molecule has 0 spiro atoms. The van der Waals surface area contributed by atoms with Crippen molar-refractivity contribution < 1.29 is 22.7 Å². The van der Waals surface area contributed by atoms with Crippen molar-refractivity contribution in [2.75, 3.05) is 62.0 Å². The molecule has 1 amide bonds. The number of nitrogen functional groups attached to an aromatic ring is 1. The van der Waals surface area contributed by atoms with Gasteiger partial charge in [0.15, 0.2) is 0 Å². The van der Waals surface area contributed by atoms with Crippen LogP contribution < -0.4 is 21.7 Å². The number of carbonyl (C=O) groups excluding carboxylic acids is 1. The van der Waals surface area contributed by atoms with Gasteiger partial charge in [0.1, 0.15) is 24.1 Å². The van der Waals surface area contributed by atoms with Gasteiger partial charge >= 0.3 is 0 Å². The SMILES string of the molecule is NC(=NC(=O)c1ccc(N2CCN(C3CC3)CC2)cc1NC1CCOCC1)c1cc(C(CF)c2cc(F)ccc2F)ccc1N. The highest BCUT2D eigenvalue weighted by atomic mass is 19.1. The van der Waals surface area contributed by atoms with Crippen LogP contribution in [0, 0.1) is 11.6 Å². The molecule has 238 valence electrons. The number of carbonyl (C=O) groups is 1. The highest BCUT2D eigenvalue weighted by Crippen LogP contribution is 2.32. The second kappa shape index (κ2) is 13.5. The molecule has 0 bridgehead atoms. The monoisotopic (exact) mass is 620 g/mol. The van der Waals surface area contributed by atoms with Crippen molar-refractivity contribution in [2.45, 2.75) is 43.7 Å². The number of alkyl halides is 1. The van der Waals surface area contributed by atoms with E-state index in [1.165, 1.54) is 31.0 Å². The summed E-state index contributed by atoms with van der Waals surface area (Å²) < 4.78 is 48.2. The first-order chi connectivity index (χ1) is 21.8. The van der Waals surface area contributed by atoms with Gasteiger partial charge in [0, 0.05) is 85.6 Å². The summed E-state index contributed by atoms with van der Waals surface area (Å²) in [5.41, 5.74) is 15.2. The highest BCUT2D eigenvalue weighted by molar-refractivity contribution is 6.12. The molecule has 8 nitrogen and oxygen atoms in total. The van der Waals surface area contributed by atoms with Gasteiger partial charge in [-0.3, -0.25) is 14.1 Å². The molecular weight excluding hydrogens is 581 g/mol. The maximum atomic E-state index is 14.5. The number of hydrogen-bond donors (Lipinski definition) is 3. The number of amides is 1.